The highest BCUT2D eigenvalue weighted by atomic mass is 32.2. The molecule has 2 atom stereocenters. The van der Waals surface area contributed by atoms with Crippen molar-refractivity contribution in [1.29, 1.82) is 0 Å². The first-order chi connectivity index (χ1) is 11.7. The number of rotatable bonds is 6. The van der Waals surface area contributed by atoms with Crippen molar-refractivity contribution in [2.24, 2.45) is 0 Å². The molecular weight excluding hydrogens is 354 g/mol. The minimum atomic E-state index is -4.64. The number of hydrogen-bond acceptors (Lipinski definition) is 5. The molecule has 1 aromatic carbocycles. The molecule has 0 saturated carbocycles. The summed E-state index contributed by atoms with van der Waals surface area (Å²) < 4.78 is 53.3. The second-order valence-corrected chi connectivity index (χ2v) is 8.02. The van der Waals surface area contributed by atoms with Crippen LogP contribution >= 0.6 is 0 Å². The fraction of sp³-hybridized carbons (Fsp3) is 0.562. The van der Waals surface area contributed by atoms with Gasteiger partial charge < -0.3 is 10.1 Å². The Bertz CT molecular complexity index is 685. The van der Waals surface area contributed by atoms with Gasteiger partial charge >= 0.3 is 5.76 Å². The Morgan fingerprint density at radius 1 is 1.24 bits per heavy atom. The average Bonchev–Trinajstić information content (AvgIpc) is 2.53. The summed E-state index contributed by atoms with van der Waals surface area (Å²) in [5.41, 5.74) is 0.219. The van der Waals surface area contributed by atoms with E-state index in [-0.39, 0.29) is 23.7 Å². The first-order valence-electron chi connectivity index (χ1n) is 7.98. The Morgan fingerprint density at radius 2 is 1.80 bits per heavy atom. The summed E-state index contributed by atoms with van der Waals surface area (Å²) in [7, 11) is -4.64. The predicted octanol–water partition coefficient (Wildman–Crippen LogP) is 1.52. The van der Waals surface area contributed by atoms with Gasteiger partial charge in [-0.05, 0) is 38.1 Å². The molecule has 9 heteroatoms. The van der Waals surface area contributed by atoms with Crippen LogP contribution in [-0.2, 0) is 14.6 Å². The molecule has 1 aliphatic rings. The van der Waals surface area contributed by atoms with E-state index in [9.17, 15) is 22.0 Å². The molecule has 0 spiro atoms. The highest BCUT2D eigenvalue weighted by Crippen LogP contribution is 2.18. The normalized spacial score (nSPS) is 22.1. The van der Waals surface area contributed by atoms with Gasteiger partial charge in [0.25, 0.3) is 5.91 Å². The highest BCUT2D eigenvalue weighted by molar-refractivity contribution is 7.91. The van der Waals surface area contributed by atoms with Gasteiger partial charge in [-0.1, -0.05) is 0 Å². The largest absolute Gasteiger partial charge is 0.373 e. The van der Waals surface area contributed by atoms with Gasteiger partial charge in [-0.25, -0.2) is 8.42 Å². The number of carbonyl (C=O) groups is 1. The number of ether oxygens (including phenoxy) is 1. The van der Waals surface area contributed by atoms with Crippen LogP contribution < -0.4 is 5.32 Å². The average molecular weight is 376 g/mol. The zero-order chi connectivity index (χ0) is 18.6. The van der Waals surface area contributed by atoms with Crippen LogP contribution in [-0.4, -0.2) is 63.4 Å². The van der Waals surface area contributed by atoms with E-state index in [1.54, 1.807) is 0 Å². The molecule has 25 heavy (non-hydrogen) atoms. The molecular formula is C16H22F2N2O4S. The number of sulfone groups is 1. The fourth-order valence-corrected chi connectivity index (χ4v) is 3.52. The van der Waals surface area contributed by atoms with E-state index in [1.807, 2.05) is 13.8 Å². The summed E-state index contributed by atoms with van der Waals surface area (Å²) in [5, 5.41) is 2.74. The number of morpholine rings is 1. The van der Waals surface area contributed by atoms with E-state index in [0.29, 0.717) is 13.1 Å². The van der Waals surface area contributed by atoms with Crippen LogP contribution in [0.5, 0.6) is 0 Å². The van der Waals surface area contributed by atoms with E-state index in [1.165, 1.54) is 12.1 Å². The standard InChI is InChI=1S/C16H22F2N2O4S/c1-11-9-20(10-12(2)24-11)8-7-19-15(21)13-3-5-14(6-4-13)25(22,23)16(17)18/h3-6,11-12,16H,7-10H2,1-2H3,(H,19,21). The molecule has 0 aromatic heterocycles. The molecule has 1 heterocycles. The number of amides is 1. The quantitative estimate of drug-likeness (QED) is 0.815. The summed E-state index contributed by atoms with van der Waals surface area (Å²) in [5.74, 6) is -3.86. The van der Waals surface area contributed by atoms with E-state index in [2.05, 4.69) is 10.2 Å². The molecule has 1 aromatic rings. The van der Waals surface area contributed by atoms with Crippen LogP contribution in [0, 0.1) is 0 Å². The maximum absolute atomic E-state index is 12.5. The van der Waals surface area contributed by atoms with Gasteiger partial charge in [0.15, 0.2) is 0 Å². The maximum atomic E-state index is 12.5. The number of hydrogen-bond donors (Lipinski definition) is 1. The SMILES string of the molecule is CC1CN(CCNC(=O)c2ccc(S(=O)(=O)C(F)F)cc2)CC(C)O1. The smallest absolute Gasteiger partial charge is 0.341 e. The Hall–Kier alpha value is -1.58. The lowest BCUT2D eigenvalue weighted by Crippen LogP contribution is -2.47. The van der Waals surface area contributed by atoms with E-state index in [0.717, 1.165) is 25.2 Å². The number of benzene rings is 1. The zero-order valence-corrected chi connectivity index (χ0v) is 14.9. The van der Waals surface area contributed by atoms with Crippen LogP contribution in [0.4, 0.5) is 8.78 Å². The summed E-state index contributed by atoms with van der Waals surface area (Å²) >= 11 is 0. The van der Waals surface area contributed by atoms with Gasteiger partial charge in [-0.3, -0.25) is 9.69 Å². The van der Waals surface area contributed by atoms with Crippen molar-refractivity contribution in [2.45, 2.75) is 36.7 Å². The molecule has 1 saturated heterocycles. The molecule has 0 radical (unpaired) electrons. The minimum Gasteiger partial charge on any atom is -0.373 e. The number of nitrogens with one attached hydrogen (secondary N) is 1. The molecule has 6 nitrogen and oxygen atoms in total. The second kappa shape index (κ2) is 8.20. The molecule has 0 bridgehead atoms. The summed E-state index contributed by atoms with van der Waals surface area (Å²) in [6, 6.07) is 4.48. The van der Waals surface area contributed by atoms with E-state index < -0.39 is 20.5 Å². The lowest BCUT2D eigenvalue weighted by atomic mass is 10.2. The van der Waals surface area contributed by atoms with Gasteiger partial charge in [-0.15, -0.1) is 0 Å². The number of alkyl halides is 2. The number of nitrogens with zero attached hydrogens (tertiary/aromatic N) is 1. The summed E-state index contributed by atoms with van der Waals surface area (Å²) in [6.45, 7) is 6.67. The zero-order valence-electron chi connectivity index (χ0n) is 14.1. The van der Waals surface area contributed by atoms with Crippen LogP contribution in [0.1, 0.15) is 24.2 Å². The topological polar surface area (TPSA) is 75.7 Å². The summed E-state index contributed by atoms with van der Waals surface area (Å²) in [6.07, 6.45) is 0.285. The molecule has 1 aliphatic heterocycles. The summed E-state index contributed by atoms with van der Waals surface area (Å²) in [4.78, 5) is 13.7. The van der Waals surface area contributed by atoms with Gasteiger partial charge in [0, 0.05) is 31.7 Å². The Kier molecular flexibility index (Phi) is 6.47. The molecule has 1 N–H and O–H groups in total. The lowest BCUT2D eigenvalue weighted by Gasteiger charge is -2.35. The van der Waals surface area contributed by atoms with Gasteiger partial charge in [0.1, 0.15) is 0 Å². The highest BCUT2D eigenvalue weighted by Gasteiger charge is 2.26. The number of halogens is 2. The van der Waals surface area contributed by atoms with Crippen LogP contribution in [0.2, 0.25) is 0 Å². The van der Waals surface area contributed by atoms with Crippen molar-refractivity contribution in [3.05, 3.63) is 29.8 Å². The van der Waals surface area contributed by atoms with Crippen molar-refractivity contribution < 1.29 is 26.7 Å². The van der Waals surface area contributed by atoms with Crippen molar-refractivity contribution in [3.63, 3.8) is 0 Å². The van der Waals surface area contributed by atoms with Crippen LogP contribution in [0.25, 0.3) is 0 Å². The Labute approximate surface area is 146 Å². The first kappa shape index (κ1) is 19.7. The van der Waals surface area contributed by atoms with Crippen LogP contribution in [0.3, 0.4) is 0 Å². The minimum absolute atomic E-state index is 0.142. The van der Waals surface area contributed by atoms with Crippen molar-refractivity contribution >= 4 is 15.7 Å². The molecule has 0 aliphatic carbocycles. The molecule has 140 valence electrons. The Morgan fingerprint density at radius 3 is 2.32 bits per heavy atom. The van der Waals surface area contributed by atoms with Gasteiger partial charge in [-0.2, -0.15) is 8.78 Å². The van der Waals surface area contributed by atoms with Crippen molar-refractivity contribution in [1.82, 2.24) is 10.2 Å². The molecule has 2 rings (SSSR count). The second-order valence-electron chi connectivity index (χ2n) is 6.10. The Balaban J connectivity index is 1.87. The monoisotopic (exact) mass is 376 g/mol. The number of carbonyl (C=O) groups excluding carboxylic acids is 1. The third-order valence-electron chi connectivity index (χ3n) is 3.89. The molecule has 1 amide bonds. The fourth-order valence-electron chi connectivity index (χ4n) is 2.80. The van der Waals surface area contributed by atoms with Crippen molar-refractivity contribution in [2.75, 3.05) is 26.2 Å². The maximum Gasteiger partial charge on any atom is 0.341 e. The van der Waals surface area contributed by atoms with Gasteiger partial charge in [0.2, 0.25) is 9.84 Å². The van der Waals surface area contributed by atoms with E-state index >= 15 is 0 Å². The van der Waals surface area contributed by atoms with Crippen molar-refractivity contribution in [3.8, 4) is 0 Å². The van der Waals surface area contributed by atoms with E-state index in [4.69, 9.17) is 4.74 Å². The van der Waals surface area contributed by atoms with Gasteiger partial charge in [0.05, 0.1) is 17.1 Å². The third kappa shape index (κ3) is 5.20. The first-order valence-corrected chi connectivity index (χ1v) is 9.53. The molecule has 2 unspecified atom stereocenters. The predicted molar refractivity (Wildman–Crippen MR) is 88.4 cm³/mol. The lowest BCUT2D eigenvalue weighted by molar-refractivity contribution is -0.0672. The molecule has 1 fully saturated rings. The van der Waals surface area contributed by atoms with Crippen LogP contribution in [0.15, 0.2) is 29.2 Å². The third-order valence-corrected chi connectivity index (χ3v) is 5.29.